The lowest BCUT2D eigenvalue weighted by atomic mass is 10.0. The molecule has 0 radical (unpaired) electrons. The highest BCUT2D eigenvalue weighted by atomic mass is 16.2. The molecule has 1 fully saturated rings. The number of likely N-dealkylation sites (N-methyl/N-ethyl adjacent to an activating group) is 1. The van der Waals surface area contributed by atoms with Gasteiger partial charge in [-0.15, -0.1) is 0 Å². The summed E-state index contributed by atoms with van der Waals surface area (Å²) >= 11 is 0. The number of aryl methyl sites for hydroxylation is 1. The van der Waals surface area contributed by atoms with E-state index >= 15 is 0 Å². The summed E-state index contributed by atoms with van der Waals surface area (Å²) in [5.74, 6) is -0.464. The second kappa shape index (κ2) is 7.60. The van der Waals surface area contributed by atoms with Crippen LogP contribution in [0.5, 0.6) is 0 Å². The monoisotopic (exact) mass is 375 g/mol. The van der Waals surface area contributed by atoms with Gasteiger partial charge in [0, 0.05) is 26.2 Å². The van der Waals surface area contributed by atoms with Crippen LogP contribution in [0.15, 0.2) is 60.3 Å². The topological polar surface area (TPSA) is 43.9 Å². The summed E-state index contributed by atoms with van der Waals surface area (Å²) in [4.78, 5) is 32.6. The minimum absolute atomic E-state index is 0.223. The highest BCUT2D eigenvalue weighted by Gasteiger charge is 2.42. The van der Waals surface area contributed by atoms with Gasteiger partial charge in [-0.25, -0.2) is 4.90 Å². The first-order valence-electron chi connectivity index (χ1n) is 9.82. The molecule has 0 saturated carbocycles. The average Bonchev–Trinajstić information content (AvgIpc) is 2.99. The molecule has 0 unspecified atom stereocenters. The minimum atomic E-state index is -0.241. The second-order valence-electron chi connectivity index (χ2n) is 7.30. The SMILES string of the molecule is CCN1CCN(C2=C(c3ccccc3)C(=O)N(c3cccc(C)c3)C2=O)CC1. The van der Waals surface area contributed by atoms with Crippen molar-refractivity contribution in [2.45, 2.75) is 13.8 Å². The summed E-state index contributed by atoms with van der Waals surface area (Å²) in [6, 6.07) is 17.1. The van der Waals surface area contributed by atoms with Crippen molar-refractivity contribution in [3.63, 3.8) is 0 Å². The van der Waals surface area contributed by atoms with Crippen molar-refractivity contribution in [1.82, 2.24) is 9.80 Å². The van der Waals surface area contributed by atoms with E-state index < -0.39 is 0 Å². The lowest BCUT2D eigenvalue weighted by Gasteiger charge is -2.36. The van der Waals surface area contributed by atoms with Crippen molar-refractivity contribution in [3.05, 3.63) is 71.4 Å². The number of carbonyl (C=O) groups excluding carboxylic acids is 2. The molecule has 0 aromatic heterocycles. The van der Waals surface area contributed by atoms with Crippen molar-refractivity contribution in [2.24, 2.45) is 0 Å². The first kappa shape index (κ1) is 18.4. The molecule has 2 aliphatic heterocycles. The number of anilines is 1. The van der Waals surface area contributed by atoms with Crippen LogP contribution < -0.4 is 4.90 Å². The van der Waals surface area contributed by atoms with E-state index in [1.807, 2.05) is 61.5 Å². The van der Waals surface area contributed by atoms with E-state index in [0.29, 0.717) is 17.0 Å². The van der Waals surface area contributed by atoms with Crippen LogP contribution in [0.1, 0.15) is 18.1 Å². The Morgan fingerprint density at radius 2 is 1.57 bits per heavy atom. The number of benzene rings is 2. The van der Waals surface area contributed by atoms with Crippen LogP contribution >= 0.6 is 0 Å². The molecule has 1 saturated heterocycles. The fourth-order valence-electron chi connectivity index (χ4n) is 3.97. The Morgan fingerprint density at radius 1 is 0.857 bits per heavy atom. The molecule has 5 nitrogen and oxygen atoms in total. The van der Waals surface area contributed by atoms with E-state index in [4.69, 9.17) is 0 Å². The van der Waals surface area contributed by atoms with Crippen LogP contribution in [0.4, 0.5) is 5.69 Å². The Bertz CT molecular complexity index is 928. The third-order valence-electron chi connectivity index (χ3n) is 5.52. The first-order chi connectivity index (χ1) is 13.6. The van der Waals surface area contributed by atoms with E-state index in [1.54, 1.807) is 0 Å². The second-order valence-corrected chi connectivity index (χ2v) is 7.30. The van der Waals surface area contributed by atoms with Gasteiger partial charge in [0.25, 0.3) is 11.8 Å². The van der Waals surface area contributed by atoms with Gasteiger partial charge in [0.1, 0.15) is 5.70 Å². The number of imide groups is 1. The average molecular weight is 375 g/mol. The number of piperazine rings is 1. The molecule has 0 bridgehead atoms. The number of amides is 2. The van der Waals surface area contributed by atoms with Gasteiger partial charge < -0.3 is 9.80 Å². The molecule has 5 heteroatoms. The quantitative estimate of drug-likeness (QED) is 0.771. The predicted molar refractivity (Wildman–Crippen MR) is 111 cm³/mol. The van der Waals surface area contributed by atoms with Gasteiger partial charge in [-0.05, 0) is 36.7 Å². The van der Waals surface area contributed by atoms with Crippen LogP contribution in [0, 0.1) is 6.92 Å². The molecule has 4 rings (SSSR count). The molecular formula is C23H25N3O2. The van der Waals surface area contributed by atoms with Gasteiger partial charge in [-0.2, -0.15) is 0 Å². The van der Waals surface area contributed by atoms with Crippen LogP contribution in [0.2, 0.25) is 0 Å². The van der Waals surface area contributed by atoms with E-state index in [2.05, 4.69) is 16.7 Å². The summed E-state index contributed by atoms with van der Waals surface area (Å²) in [5.41, 5.74) is 3.49. The highest BCUT2D eigenvalue weighted by Crippen LogP contribution is 2.35. The van der Waals surface area contributed by atoms with Gasteiger partial charge in [0.15, 0.2) is 0 Å². The largest absolute Gasteiger partial charge is 0.364 e. The van der Waals surface area contributed by atoms with Crippen LogP contribution in [0.3, 0.4) is 0 Å². The number of hydrogen-bond acceptors (Lipinski definition) is 4. The lowest BCUT2D eigenvalue weighted by molar-refractivity contribution is -0.120. The summed E-state index contributed by atoms with van der Waals surface area (Å²) in [7, 11) is 0. The summed E-state index contributed by atoms with van der Waals surface area (Å²) < 4.78 is 0. The molecule has 2 aliphatic rings. The van der Waals surface area contributed by atoms with Crippen LogP contribution in [0.25, 0.3) is 5.57 Å². The van der Waals surface area contributed by atoms with Crippen molar-refractivity contribution >= 4 is 23.1 Å². The third-order valence-corrected chi connectivity index (χ3v) is 5.52. The zero-order valence-electron chi connectivity index (χ0n) is 16.4. The van der Waals surface area contributed by atoms with Gasteiger partial charge in [0.2, 0.25) is 0 Å². The van der Waals surface area contributed by atoms with Crippen LogP contribution in [-0.4, -0.2) is 54.3 Å². The van der Waals surface area contributed by atoms with Gasteiger partial charge in [-0.1, -0.05) is 49.4 Å². The summed E-state index contributed by atoms with van der Waals surface area (Å²) in [6.45, 7) is 8.40. The Morgan fingerprint density at radius 3 is 2.21 bits per heavy atom. The van der Waals surface area contributed by atoms with Crippen LogP contribution in [-0.2, 0) is 9.59 Å². The molecule has 0 atom stereocenters. The first-order valence-corrected chi connectivity index (χ1v) is 9.82. The number of carbonyl (C=O) groups is 2. The lowest BCUT2D eigenvalue weighted by Crippen LogP contribution is -2.47. The molecule has 28 heavy (non-hydrogen) atoms. The Labute approximate surface area is 165 Å². The molecule has 0 N–H and O–H groups in total. The Kier molecular flexibility index (Phi) is 5.01. The maximum Gasteiger partial charge on any atom is 0.282 e. The van der Waals surface area contributed by atoms with Crippen molar-refractivity contribution in [2.75, 3.05) is 37.6 Å². The third kappa shape index (κ3) is 3.22. The van der Waals surface area contributed by atoms with E-state index in [1.165, 1.54) is 4.90 Å². The van der Waals surface area contributed by atoms with E-state index in [0.717, 1.165) is 43.9 Å². The fraction of sp³-hybridized carbons (Fsp3) is 0.304. The van der Waals surface area contributed by atoms with Gasteiger partial charge in [-0.3, -0.25) is 9.59 Å². The Balaban J connectivity index is 1.77. The molecule has 0 spiro atoms. The number of hydrogen-bond donors (Lipinski definition) is 0. The molecule has 144 valence electrons. The maximum atomic E-state index is 13.5. The molecule has 2 amide bonds. The zero-order chi connectivity index (χ0) is 19.7. The van der Waals surface area contributed by atoms with Crippen molar-refractivity contribution in [1.29, 1.82) is 0 Å². The minimum Gasteiger partial charge on any atom is -0.364 e. The van der Waals surface area contributed by atoms with Gasteiger partial charge >= 0.3 is 0 Å². The molecule has 2 heterocycles. The maximum absolute atomic E-state index is 13.5. The van der Waals surface area contributed by atoms with E-state index in [9.17, 15) is 9.59 Å². The molecule has 2 aromatic rings. The Hall–Kier alpha value is -2.92. The van der Waals surface area contributed by atoms with Crippen molar-refractivity contribution in [3.8, 4) is 0 Å². The highest BCUT2D eigenvalue weighted by molar-refractivity contribution is 6.45. The number of nitrogens with zero attached hydrogens (tertiary/aromatic N) is 3. The summed E-state index contributed by atoms with van der Waals surface area (Å²) in [5, 5.41) is 0. The standard InChI is InChI=1S/C23H25N3O2/c1-3-24-12-14-25(15-13-24)21-20(18-9-5-4-6-10-18)22(27)26(23(21)28)19-11-7-8-17(2)16-19/h4-11,16H,3,12-15H2,1-2H3. The van der Waals surface area contributed by atoms with Gasteiger partial charge in [0.05, 0.1) is 11.3 Å². The normalized spacial score (nSPS) is 18.4. The fourth-order valence-corrected chi connectivity index (χ4v) is 3.97. The smallest absolute Gasteiger partial charge is 0.282 e. The van der Waals surface area contributed by atoms with E-state index in [-0.39, 0.29) is 11.8 Å². The zero-order valence-corrected chi connectivity index (χ0v) is 16.4. The molecule has 0 aliphatic carbocycles. The molecular weight excluding hydrogens is 350 g/mol. The number of rotatable bonds is 4. The molecule has 2 aromatic carbocycles. The predicted octanol–water partition coefficient (Wildman–Crippen LogP) is 2.92. The summed E-state index contributed by atoms with van der Waals surface area (Å²) in [6.07, 6.45) is 0. The van der Waals surface area contributed by atoms with Crippen molar-refractivity contribution < 1.29 is 9.59 Å².